The van der Waals surface area contributed by atoms with Gasteiger partial charge in [-0.15, -0.1) is 0 Å². The van der Waals surface area contributed by atoms with Gasteiger partial charge in [0, 0.05) is 31.5 Å². The SMILES string of the molecule is CN(CC(=O)Nc1ccc(N2CCOCC2)cc1)C(=O)c1cc(F)ccc1F. The maximum atomic E-state index is 13.7. The first-order valence-electron chi connectivity index (χ1n) is 8.87. The molecule has 0 bridgehead atoms. The smallest absolute Gasteiger partial charge is 0.257 e. The summed E-state index contributed by atoms with van der Waals surface area (Å²) in [5.41, 5.74) is 1.21. The molecule has 8 heteroatoms. The molecule has 1 heterocycles. The van der Waals surface area contributed by atoms with Crippen molar-refractivity contribution in [3.63, 3.8) is 0 Å². The number of hydrogen-bond acceptors (Lipinski definition) is 4. The minimum Gasteiger partial charge on any atom is -0.378 e. The predicted molar refractivity (Wildman–Crippen MR) is 101 cm³/mol. The van der Waals surface area contributed by atoms with Crippen molar-refractivity contribution in [1.29, 1.82) is 0 Å². The van der Waals surface area contributed by atoms with E-state index in [1.165, 1.54) is 7.05 Å². The van der Waals surface area contributed by atoms with E-state index in [2.05, 4.69) is 10.2 Å². The molecule has 1 saturated heterocycles. The van der Waals surface area contributed by atoms with Crippen LogP contribution in [0.15, 0.2) is 42.5 Å². The number of ether oxygens (including phenoxy) is 1. The molecule has 2 aromatic carbocycles. The third-order valence-electron chi connectivity index (χ3n) is 4.41. The van der Waals surface area contributed by atoms with Crippen molar-refractivity contribution in [3.8, 4) is 0 Å². The second kappa shape index (κ2) is 8.79. The Bertz CT molecular complexity index is 852. The number of carbonyl (C=O) groups is 2. The van der Waals surface area contributed by atoms with Gasteiger partial charge in [-0.3, -0.25) is 9.59 Å². The van der Waals surface area contributed by atoms with Crippen LogP contribution < -0.4 is 10.2 Å². The Balaban J connectivity index is 1.57. The highest BCUT2D eigenvalue weighted by Gasteiger charge is 2.19. The van der Waals surface area contributed by atoms with Crippen LogP contribution >= 0.6 is 0 Å². The number of likely N-dealkylation sites (N-methyl/N-ethyl adjacent to an activating group) is 1. The number of nitrogens with one attached hydrogen (secondary N) is 1. The molecule has 6 nitrogen and oxygen atoms in total. The van der Waals surface area contributed by atoms with E-state index in [1.807, 2.05) is 12.1 Å². The Morgan fingerprint density at radius 1 is 1.11 bits per heavy atom. The van der Waals surface area contributed by atoms with E-state index in [0.29, 0.717) is 18.9 Å². The lowest BCUT2D eigenvalue weighted by Gasteiger charge is -2.28. The number of morpholine rings is 1. The van der Waals surface area contributed by atoms with Crippen LogP contribution in [-0.4, -0.2) is 56.6 Å². The monoisotopic (exact) mass is 389 g/mol. The maximum absolute atomic E-state index is 13.7. The number of hydrogen-bond donors (Lipinski definition) is 1. The highest BCUT2D eigenvalue weighted by Crippen LogP contribution is 2.19. The van der Waals surface area contributed by atoms with Crippen LogP contribution in [0.4, 0.5) is 20.2 Å². The van der Waals surface area contributed by atoms with E-state index in [4.69, 9.17) is 4.74 Å². The number of benzene rings is 2. The van der Waals surface area contributed by atoms with Crippen LogP contribution in [0.1, 0.15) is 10.4 Å². The van der Waals surface area contributed by atoms with Crippen LogP contribution in [0.2, 0.25) is 0 Å². The average Bonchev–Trinajstić information content (AvgIpc) is 2.70. The summed E-state index contributed by atoms with van der Waals surface area (Å²) in [5.74, 6) is -2.76. The Labute approximate surface area is 161 Å². The van der Waals surface area contributed by atoms with Gasteiger partial charge in [0.2, 0.25) is 5.91 Å². The average molecular weight is 389 g/mol. The topological polar surface area (TPSA) is 61.9 Å². The Hall–Kier alpha value is -3.00. The summed E-state index contributed by atoms with van der Waals surface area (Å²) in [4.78, 5) is 27.7. The standard InChI is InChI=1S/C20H21F2N3O3/c1-24(20(27)17-12-14(21)2-7-18(17)22)13-19(26)23-15-3-5-16(6-4-15)25-8-10-28-11-9-25/h2-7,12H,8-11,13H2,1H3,(H,23,26). The van der Waals surface area contributed by atoms with E-state index in [9.17, 15) is 18.4 Å². The summed E-state index contributed by atoms with van der Waals surface area (Å²) in [6.07, 6.45) is 0. The van der Waals surface area contributed by atoms with Crippen molar-refractivity contribution < 1.29 is 23.1 Å². The lowest BCUT2D eigenvalue weighted by atomic mass is 10.2. The number of carbonyl (C=O) groups excluding carboxylic acids is 2. The second-order valence-corrected chi connectivity index (χ2v) is 6.48. The molecule has 1 N–H and O–H groups in total. The van der Waals surface area contributed by atoms with Crippen molar-refractivity contribution in [2.45, 2.75) is 0 Å². The van der Waals surface area contributed by atoms with E-state index in [0.717, 1.165) is 41.9 Å². The van der Waals surface area contributed by atoms with E-state index in [1.54, 1.807) is 12.1 Å². The lowest BCUT2D eigenvalue weighted by Crippen LogP contribution is -2.36. The first-order valence-corrected chi connectivity index (χ1v) is 8.87. The third-order valence-corrected chi connectivity index (χ3v) is 4.41. The first-order chi connectivity index (χ1) is 13.4. The molecule has 0 atom stereocenters. The van der Waals surface area contributed by atoms with Gasteiger partial charge in [-0.2, -0.15) is 0 Å². The molecule has 0 aliphatic carbocycles. The minimum absolute atomic E-state index is 0.292. The molecule has 1 aliphatic heterocycles. The number of halogens is 2. The van der Waals surface area contributed by atoms with Crippen LogP contribution in [-0.2, 0) is 9.53 Å². The number of anilines is 2. The third kappa shape index (κ3) is 4.83. The van der Waals surface area contributed by atoms with Crippen LogP contribution in [0.25, 0.3) is 0 Å². The fraction of sp³-hybridized carbons (Fsp3) is 0.300. The largest absolute Gasteiger partial charge is 0.378 e. The molecule has 1 aliphatic rings. The Morgan fingerprint density at radius 2 is 1.79 bits per heavy atom. The molecule has 28 heavy (non-hydrogen) atoms. The van der Waals surface area contributed by atoms with Gasteiger partial charge in [0.1, 0.15) is 11.6 Å². The van der Waals surface area contributed by atoms with Gasteiger partial charge in [0.05, 0.1) is 25.3 Å². The van der Waals surface area contributed by atoms with Crippen molar-refractivity contribution in [2.75, 3.05) is 50.1 Å². The maximum Gasteiger partial charge on any atom is 0.257 e. The van der Waals surface area contributed by atoms with Gasteiger partial charge in [0.15, 0.2) is 0 Å². The molecule has 2 aromatic rings. The lowest BCUT2D eigenvalue weighted by molar-refractivity contribution is -0.116. The van der Waals surface area contributed by atoms with Gasteiger partial charge in [-0.25, -0.2) is 8.78 Å². The molecule has 148 valence electrons. The highest BCUT2D eigenvalue weighted by molar-refractivity contribution is 5.99. The molecule has 0 unspecified atom stereocenters. The molecular formula is C20H21F2N3O3. The van der Waals surface area contributed by atoms with E-state index in [-0.39, 0.29) is 6.54 Å². The summed E-state index contributed by atoms with van der Waals surface area (Å²) in [5, 5.41) is 2.69. The van der Waals surface area contributed by atoms with Crippen molar-refractivity contribution in [3.05, 3.63) is 59.7 Å². The predicted octanol–water partition coefficient (Wildman–Crippen LogP) is 2.51. The summed E-state index contributed by atoms with van der Waals surface area (Å²) >= 11 is 0. The first kappa shape index (κ1) is 19.8. The number of nitrogens with zero attached hydrogens (tertiary/aromatic N) is 2. The highest BCUT2D eigenvalue weighted by atomic mass is 19.1. The fourth-order valence-electron chi connectivity index (χ4n) is 2.93. The molecule has 0 saturated carbocycles. The zero-order valence-electron chi connectivity index (χ0n) is 15.5. The molecular weight excluding hydrogens is 368 g/mol. The van der Waals surface area contributed by atoms with Crippen LogP contribution in [0.5, 0.6) is 0 Å². The van der Waals surface area contributed by atoms with Crippen molar-refractivity contribution >= 4 is 23.2 Å². The second-order valence-electron chi connectivity index (χ2n) is 6.48. The Kier molecular flexibility index (Phi) is 6.20. The van der Waals surface area contributed by atoms with E-state index >= 15 is 0 Å². The van der Waals surface area contributed by atoms with Crippen LogP contribution in [0.3, 0.4) is 0 Å². The minimum atomic E-state index is -0.836. The van der Waals surface area contributed by atoms with Crippen molar-refractivity contribution in [2.24, 2.45) is 0 Å². The van der Waals surface area contributed by atoms with E-state index < -0.39 is 29.0 Å². The number of amides is 2. The van der Waals surface area contributed by atoms with Gasteiger partial charge in [-0.05, 0) is 42.5 Å². The summed E-state index contributed by atoms with van der Waals surface area (Å²) < 4.78 is 32.3. The summed E-state index contributed by atoms with van der Waals surface area (Å²) in [7, 11) is 1.35. The summed E-state index contributed by atoms with van der Waals surface area (Å²) in [6, 6.07) is 9.98. The molecule has 3 rings (SSSR count). The van der Waals surface area contributed by atoms with Gasteiger partial charge >= 0.3 is 0 Å². The van der Waals surface area contributed by atoms with Gasteiger partial charge < -0.3 is 19.9 Å². The molecule has 2 amide bonds. The zero-order chi connectivity index (χ0) is 20.1. The molecule has 1 fully saturated rings. The van der Waals surface area contributed by atoms with Gasteiger partial charge in [-0.1, -0.05) is 0 Å². The molecule has 0 radical (unpaired) electrons. The fourth-order valence-corrected chi connectivity index (χ4v) is 2.93. The quantitative estimate of drug-likeness (QED) is 0.854. The van der Waals surface area contributed by atoms with Crippen LogP contribution in [0, 0.1) is 11.6 Å². The number of rotatable bonds is 5. The Morgan fingerprint density at radius 3 is 2.46 bits per heavy atom. The molecule has 0 spiro atoms. The zero-order valence-corrected chi connectivity index (χ0v) is 15.5. The van der Waals surface area contributed by atoms with Gasteiger partial charge in [0.25, 0.3) is 5.91 Å². The van der Waals surface area contributed by atoms with Crippen molar-refractivity contribution in [1.82, 2.24) is 4.90 Å². The molecule has 0 aromatic heterocycles. The summed E-state index contributed by atoms with van der Waals surface area (Å²) in [6.45, 7) is 2.71. The normalized spacial score (nSPS) is 13.9.